The summed E-state index contributed by atoms with van der Waals surface area (Å²) >= 11 is 0. The van der Waals surface area contributed by atoms with Crippen LogP contribution in [0.15, 0.2) is 30.0 Å². The lowest BCUT2D eigenvalue weighted by Crippen LogP contribution is -2.45. The minimum atomic E-state index is -0.821. The van der Waals surface area contributed by atoms with Crippen molar-refractivity contribution in [2.45, 2.75) is 32.3 Å². The number of carbonyl (C=O) groups excluding carboxylic acids is 2. The van der Waals surface area contributed by atoms with Crippen molar-refractivity contribution in [1.29, 1.82) is 0 Å². The number of β-amino-alcohol motifs (C(OH)–C–C–N with tert-alkyl or cyclic N) is 1. The Morgan fingerprint density at radius 1 is 1.19 bits per heavy atom. The van der Waals surface area contributed by atoms with Gasteiger partial charge in [0.1, 0.15) is 19.0 Å². The Balaban J connectivity index is 1.21. The zero-order chi connectivity index (χ0) is 22.3. The Bertz CT molecular complexity index is 1060. The van der Waals surface area contributed by atoms with Crippen LogP contribution in [-0.2, 0) is 14.3 Å². The van der Waals surface area contributed by atoms with Crippen molar-refractivity contribution in [2.75, 3.05) is 32.8 Å². The van der Waals surface area contributed by atoms with E-state index < -0.39 is 11.5 Å². The van der Waals surface area contributed by atoms with Crippen molar-refractivity contribution in [3.05, 3.63) is 35.7 Å². The third-order valence-electron chi connectivity index (χ3n) is 6.73. The molecule has 1 spiro atoms. The first-order valence-electron chi connectivity index (χ1n) is 10.6. The normalized spacial score (nSPS) is 22.1. The number of aliphatic hydroxyl groups is 1. The number of tetrazole rings is 1. The summed E-state index contributed by atoms with van der Waals surface area (Å²) in [6.07, 6.45) is 5.85. The highest BCUT2D eigenvalue weighted by Crippen LogP contribution is 2.43. The van der Waals surface area contributed by atoms with Crippen LogP contribution in [0.1, 0.15) is 38.0 Å². The van der Waals surface area contributed by atoms with E-state index in [4.69, 9.17) is 4.74 Å². The molecule has 12 nitrogen and oxygen atoms in total. The summed E-state index contributed by atoms with van der Waals surface area (Å²) in [5.74, 6) is 0.176. The van der Waals surface area contributed by atoms with E-state index in [9.17, 15) is 14.7 Å². The number of cyclic esters (lactones) is 1. The average Bonchev–Trinajstić information content (AvgIpc) is 3.53. The topological polar surface area (TPSA) is 139 Å². The molecule has 1 atom stereocenters. The molecule has 2 saturated heterocycles. The Kier molecular flexibility index (Phi) is 5.18. The third kappa shape index (κ3) is 3.54. The monoisotopic (exact) mass is 440 g/mol. The molecule has 12 heteroatoms. The maximum absolute atomic E-state index is 13.2. The Labute approximate surface area is 183 Å². The molecule has 0 aromatic carbocycles. The van der Waals surface area contributed by atoms with Crippen LogP contribution in [0.25, 0.3) is 5.82 Å². The highest BCUT2D eigenvalue weighted by atomic mass is 16.5. The van der Waals surface area contributed by atoms with E-state index in [1.54, 1.807) is 11.8 Å². The maximum atomic E-state index is 13.2. The number of aromatic nitrogens is 6. The summed E-state index contributed by atoms with van der Waals surface area (Å²) in [5.41, 5.74) is 1.27. The lowest BCUT2D eigenvalue weighted by Gasteiger charge is -2.38. The fraction of sp³-hybridized carbons (Fsp3) is 0.550. The van der Waals surface area contributed by atoms with Crippen LogP contribution < -0.4 is 0 Å². The Hall–Kier alpha value is -3.25. The standard InChI is InChI=1S/C20H24N8O4/c1-13-15(11-32-18(13)30)27-7-4-20(19(27)31)2-5-26(6-3-20)10-16(29)14-8-21-9-17(23-14)28-12-22-24-25-28/h8-9,12,16,29H,2-7,10-11H2,1H3/t16-/m0/s1. The number of nitrogens with zero attached hydrogens (tertiary/aromatic N) is 8. The number of esters is 1. The van der Waals surface area contributed by atoms with Crippen LogP contribution in [0, 0.1) is 5.41 Å². The van der Waals surface area contributed by atoms with E-state index in [1.807, 2.05) is 0 Å². The van der Waals surface area contributed by atoms with Gasteiger partial charge < -0.3 is 19.6 Å². The lowest BCUT2D eigenvalue weighted by atomic mass is 9.77. The summed E-state index contributed by atoms with van der Waals surface area (Å²) in [4.78, 5) is 37.4. The number of hydrogen-bond acceptors (Lipinski definition) is 10. The SMILES string of the molecule is CC1=C(N2CCC3(CCN(C[C@H](O)c4cncc(-n5cnnn5)n4)CC3)C2=O)COC1=O. The lowest BCUT2D eigenvalue weighted by molar-refractivity contribution is -0.138. The molecule has 1 amide bonds. The minimum Gasteiger partial charge on any atom is -0.456 e. The number of hydrogen-bond donors (Lipinski definition) is 1. The zero-order valence-corrected chi connectivity index (χ0v) is 17.7. The molecular formula is C20H24N8O4. The smallest absolute Gasteiger partial charge is 0.336 e. The zero-order valence-electron chi connectivity index (χ0n) is 17.7. The van der Waals surface area contributed by atoms with Crippen LogP contribution >= 0.6 is 0 Å². The molecule has 5 heterocycles. The number of carbonyl (C=O) groups is 2. The molecule has 3 aliphatic heterocycles. The molecule has 32 heavy (non-hydrogen) atoms. The van der Waals surface area contributed by atoms with Gasteiger partial charge in [0.15, 0.2) is 5.82 Å². The van der Waals surface area contributed by atoms with Crippen LogP contribution in [0.5, 0.6) is 0 Å². The van der Waals surface area contributed by atoms with Gasteiger partial charge in [0, 0.05) is 13.1 Å². The number of aliphatic hydroxyl groups excluding tert-OH is 1. The second-order valence-corrected chi connectivity index (χ2v) is 8.51. The van der Waals surface area contributed by atoms with Crippen LogP contribution in [0.3, 0.4) is 0 Å². The summed E-state index contributed by atoms with van der Waals surface area (Å²) in [6, 6.07) is 0. The quantitative estimate of drug-likeness (QED) is 0.613. The molecule has 0 unspecified atom stereocenters. The molecular weight excluding hydrogens is 416 g/mol. The molecule has 0 saturated carbocycles. The predicted molar refractivity (Wildman–Crippen MR) is 108 cm³/mol. The molecule has 0 aliphatic carbocycles. The van der Waals surface area contributed by atoms with Gasteiger partial charge in [0.25, 0.3) is 0 Å². The first-order valence-corrected chi connectivity index (χ1v) is 10.6. The van der Waals surface area contributed by atoms with Crippen molar-refractivity contribution >= 4 is 11.9 Å². The highest BCUT2D eigenvalue weighted by molar-refractivity contribution is 5.94. The number of likely N-dealkylation sites (tertiary alicyclic amines) is 2. The summed E-state index contributed by atoms with van der Waals surface area (Å²) in [7, 11) is 0. The number of amides is 1. The highest BCUT2D eigenvalue weighted by Gasteiger charge is 2.50. The second kappa shape index (κ2) is 8.02. The summed E-state index contributed by atoms with van der Waals surface area (Å²) in [6.45, 7) is 4.30. The molecule has 0 radical (unpaired) electrons. The van der Waals surface area contributed by atoms with Gasteiger partial charge in [0.2, 0.25) is 5.91 Å². The van der Waals surface area contributed by atoms with Gasteiger partial charge in [-0.05, 0) is 49.7 Å². The summed E-state index contributed by atoms with van der Waals surface area (Å²) < 4.78 is 6.46. The van der Waals surface area contributed by atoms with Gasteiger partial charge in [-0.3, -0.25) is 9.78 Å². The molecule has 1 N–H and O–H groups in total. The maximum Gasteiger partial charge on any atom is 0.336 e. The number of piperidine rings is 1. The predicted octanol–water partition coefficient (Wildman–Crippen LogP) is -0.369. The van der Waals surface area contributed by atoms with E-state index >= 15 is 0 Å². The first-order chi connectivity index (χ1) is 15.5. The first kappa shape index (κ1) is 20.6. The van der Waals surface area contributed by atoms with Crippen molar-refractivity contribution in [3.8, 4) is 5.82 Å². The molecule has 2 fully saturated rings. The fourth-order valence-corrected chi connectivity index (χ4v) is 4.70. The summed E-state index contributed by atoms with van der Waals surface area (Å²) in [5, 5.41) is 21.7. The van der Waals surface area contributed by atoms with Crippen LogP contribution in [-0.4, -0.2) is 89.7 Å². The van der Waals surface area contributed by atoms with Crippen molar-refractivity contribution in [2.24, 2.45) is 5.41 Å². The van der Waals surface area contributed by atoms with Crippen LogP contribution in [0.4, 0.5) is 0 Å². The van der Waals surface area contributed by atoms with Gasteiger partial charge >= 0.3 is 5.97 Å². The molecule has 0 bridgehead atoms. The minimum absolute atomic E-state index is 0.0883. The van der Waals surface area contributed by atoms with E-state index in [0.717, 1.165) is 6.42 Å². The number of rotatable bonds is 5. The average molecular weight is 440 g/mol. The van der Waals surface area contributed by atoms with Gasteiger partial charge in [-0.25, -0.2) is 9.78 Å². The van der Waals surface area contributed by atoms with Gasteiger partial charge in [-0.1, -0.05) is 0 Å². The molecule has 2 aromatic heterocycles. The molecule has 2 aromatic rings. The number of ether oxygens (including phenoxy) is 1. The van der Waals surface area contributed by atoms with E-state index in [2.05, 4.69) is 30.4 Å². The second-order valence-electron chi connectivity index (χ2n) is 8.51. The van der Waals surface area contributed by atoms with E-state index in [-0.39, 0.29) is 18.5 Å². The largest absolute Gasteiger partial charge is 0.456 e. The van der Waals surface area contributed by atoms with Gasteiger partial charge in [0.05, 0.1) is 34.8 Å². The molecule has 168 valence electrons. The fourth-order valence-electron chi connectivity index (χ4n) is 4.70. The van der Waals surface area contributed by atoms with Crippen molar-refractivity contribution in [1.82, 2.24) is 40.0 Å². The van der Waals surface area contributed by atoms with Crippen molar-refractivity contribution in [3.63, 3.8) is 0 Å². The van der Waals surface area contributed by atoms with E-state index in [1.165, 1.54) is 23.4 Å². The Morgan fingerprint density at radius 2 is 1.97 bits per heavy atom. The molecule has 5 rings (SSSR count). The molecule has 3 aliphatic rings. The van der Waals surface area contributed by atoms with Gasteiger partial charge in [-0.15, -0.1) is 5.10 Å². The third-order valence-corrected chi connectivity index (χ3v) is 6.73. The van der Waals surface area contributed by atoms with Crippen LogP contribution in [0.2, 0.25) is 0 Å². The van der Waals surface area contributed by atoms with Crippen molar-refractivity contribution < 1.29 is 19.4 Å². The van der Waals surface area contributed by atoms with E-state index in [0.29, 0.717) is 61.8 Å². The Morgan fingerprint density at radius 3 is 2.66 bits per heavy atom. The van der Waals surface area contributed by atoms with Gasteiger partial charge in [-0.2, -0.15) is 4.68 Å².